The maximum atomic E-state index is 12.4. The molecule has 0 bridgehead atoms. The molecular weight excluding hydrogens is 292 g/mol. The fourth-order valence-electron chi connectivity index (χ4n) is 2.41. The van der Waals surface area contributed by atoms with Crippen LogP contribution in [0.5, 0.6) is 0 Å². The number of thiocarbonyl (C=S) groups is 1. The first kappa shape index (κ1) is 13.3. The molecule has 0 radical (unpaired) electrons. The summed E-state index contributed by atoms with van der Waals surface area (Å²) in [6.45, 7) is 2.39. The number of hydrogen-bond donors (Lipinski definition) is 0. The number of carbonyl (C=O) groups excluding carboxylic acids is 2. The summed E-state index contributed by atoms with van der Waals surface area (Å²) >= 11 is 6.42. The molecule has 1 aromatic rings. The predicted octanol–water partition coefficient (Wildman–Crippen LogP) is 2.25. The molecule has 1 aromatic carbocycles. The summed E-state index contributed by atoms with van der Waals surface area (Å²) in [5.41, 5.74) is 2.10. The third-order valence-corrected chi connectivity index (χ3v) is 4.89. The maximum absolute atomic E-state index is 12.4. The largest absolute Gasteiger partial charge is 0.311 e. The lowest BCUT2D eigenvalue weighted by molar-refractivity contribution is -0.122. The van der Waals surface area contributed by atoms with Crippen molar-refractivity contribution in [2.75, 3.05) is 18.5 Å². The van der Waals surface area contributed by atoms with Crippen molar-refractivity contribution in [2.45, 2.75) is 6.92 Å². The van der Waals surface area contributed by atoms with Gasteiger partial charge in [-0.05, 0) is 13.0 Å². The van der Waals surface area contributed by atoms with Crippen LogP contribution in [0.25, 0.3) is 5.57 Å². The average Bonchev–Trinajstić information content (AvgIpc) is 2.86. The average molecular weight is 304 g/mol. The van der Waals surface area contributed by atoms with Crippen LogP contribution in [0.3, 0.4) is 0 Å². The number of para-hydroxylation sites is 1. The minimum atomic E-state index is -0.170. The van der Waals surface area contributed by atoms with Gasteiger partial charge in [0.2, 0.25) is 0 Å². The number of likely N-dealkylation sites (N-methyl/N-ethyl adjacent to an activating group) is 2. The Kier molecular flexibility index (Phi) is 3.14. The first-order chi connectivity index (χ1) is 9.56. The van der Waals surface area contributed by atoms with Crippen LogP contribution >= 0.6 is 24.0 Å². The van der Waals surface area contributed by atoms with E-state index in [9.17, 15) is 9.59 Å². The molecule has 4 nitrogen and oxygen atoms in total. The molecule has 2 amide bonds. The fraction of sp³-hybridized carbons (Fsp3) is 0.214. The Hall–Kier alpha value is -1.66. The SMILES string of the molecule is CCN1C(=O)/C(=C2/C(=O)N(C)c3ccccc32)SC1=S. The highest BCUT2D eigenvalue weighted by Gasteiger charge is 2.40. The van der Waals surface area contributed by atoms with Crippen molar-refractivity contribution in [3.8, 4) is 0 Å². The number of thioether (sulfide) groups is 1. The van der Waals surface area contributed by atoms with Gasteiger partial charge in [0, 0.05) is 19.2 Å². The van der Waals surface area contributed by atoms with Crippen LogP contribution in [0.2, 0.25) is 0 Å². The van der Waals surface area contributed by atoms with Gasteiger partial charge < -0.3 is 4.90 Å². The molecule has 2 heterocycles. The molecule has 0 N–H and O–H groups in total. The highest BCUT2D eigenvalue weighted by Crippen LogP contribution is 2.43. The van der Waals surface area contributed by atoms with Gasteiger partial charge in [-0.15, -0.1) is 0 Å². The van der Waals surface area contributed by atoms with Crippen LogP contribution in [-0.2, 0) is 9.59 Å². The lowest BCUT2D eigenvalue weighted by Gasteiger charge is -2.10. The number of fused-ring (bicyclic) bond motifs is 1. The molecule has 1 fully saturated rings. The quantitative estimate of drug-likeness (QED) is 0.589. The van der Waals surface area contributed by atoms with E-state index >= 15 is 0 Å². The lowest BCUT2D eigenvalue weighted by atomic mass is 10.1. The van der Waals surface area contributed by atoms with E-state index < -0.39 is 0 Å². The monoisotopic (exact) mass is 304 g/mol. The number of anilines is 1. The zero-order valence-electron chi connectivity index (χ0n) is 11.0. The summed E-state index contributed by atoms with van der Waals surface area (Å²) in [6.07, 6.45) is 0. The summed E-state index contributed by atoms with van der Waals surface area (Å²) in [6, 6.07) is 7.49. The van der Waals surface area contributed by atoms with E-state index in [0.717, 1.165) is 11.3 Å². The molecule has 0 unspecified atom stereocenters. The van der Waals surface area contributed by atoms with Gasteiger partial charge >= 0.3 is 0 Å². The Morgan fingerprint density at radius 1 is 1.20 bits per heavy atom. The second-order valence-electron chi connectivity index (χ2n) is 4.50. The van der Waals surface area contributed by atoms with E-state index in [-0.39, 0.29) is 11.8 Å². The zero-order chi connectivity index (χ0) is 14.4. The van der Waals surface area contributed by atoms with Crippen LogP contribution in [0.1, 0.15) is 12.5 Å². The Morgan fingerprint density at radius 3 is 2.55 bits per heavy atom. The Bertz CT molecular complexity index is 682. The van der Waals surface area contributed by atoms with E-state index in [1.807, 2.05) is 31.2 Å². The topological polar surface area (TPSA) is 40.6 Å². The zero-order valence-corrected chi connectivity index (χ0v) is 12.7. The Balaban J connectivity index is 2.20. The van der Waals surface area contributed by atoms with Gasteiger partial charge in [0.1, 0.15) is 4.32 Å². The minimum absolute atomic E-state index is 0.150. The molecule has 0 aromatic heterocycles. The van der Waals surface area contributed by atoms with Gasteiger partial charge in [-0.2, -0.15) is 0 Å². The van der Waals surface area contributed by atoms with Gasteiger partial charge in [0.15, 0.2) is 0 Å². The molecule has 3 rings (SSSR count). The molecule has 102 valence electrons. The van der Waals surface area contributed by atoms with Crippen molar-refractivity contribution in [3.63, 3.8) is 0 Å². The summed E-state index contributed by atoms with van der Waals surface area (Å²) in [7, 11) is 1.72. The van der Waals surface area contributed by atoms with Crippen LogP contribution in [-0.4, -0.2) is 34.6 Å². The maximum Gasteiger partial charge on any atom is 0.266 e. The minimum Gasteiger partial charge on any atom is -0.311 e. The number of hydrogen-bond acceptors (Lipinski definition) is 4. The first-order valence-corrected chi connectivity index (χ1v) is 7.44. The third kappa shape index (κ3) is 1.72. The van der Waals surface area contributed by atoms with Gasteiger partial charge in [-0.25, -0.2) is 0 Å². The third-order valence-electron chi connectivity index (χ3n) is 3.45. The summed E-state index contributed by atoms with van der Waals surface area (Å²) in [5, 5.41) is 0. The number of benzene rings is 1. The molecule has 1 saturated heterocycles. The van der Waals surface area contributed by atoms with E-state index in [1.54, 1.807) is 11.9 Å². The molecule has 6 heteroatoms. The molecule has 0 spiro atoms. The van der Waals surface area contributed by atoms with Crippen molar-refractivity contribution in [1.29, 1.82) is 0 Å². The van der Waals surface area contributed by atoms with Crippen LogP contribution < -0.4 is 4.90 Å². The summed E-state index contributed by atoms with van der Waals surface area (Å²) in [4.78, 5) is 28.4. The van der Waals surface area contributed by atoms with Crippen molar-refractivity contribution in [3.05, 3.63) is 34.7 Å². The van der Waals surface area contributed by atoms with Crippen molar-refractivity contribution in [1.82, 2.24) is 4.90 Å². The molecule has 2 aliphatic heterocycles. The second kappa shape index (κ2) is 4.71. The molecule has 0 atom stereocenters. The van der Waals surface area contributed by atoms with Crippen molar-refractivity contribution >= 4 is 51.4 Å². The van der Waals surface area contributed by atoms with Gasteiger partial charge in [-0.1, -0.05) is 42.2 Å². The van der Waals surface area contributed by atoms with Gasteiger partial charge in [0.05, 0.1) is 16.2 Å². The molecule has 0 saturated carbocycles. The first-order valence-electron chi connectivity index (χ1n) is 6.21. The van der Waals surface area contributed by atoms with E-state index in [0.29, 0.717) is 21.3 Å². The molecule has 2 aliphatic rings. The number of nitrogens with zero attached hydrogens (tertiary/aromatic N) is 2. The molecule has 20 heavy (non-hydrogen) atoms. The van der Waals surface area contributed by atoms with Crippen molar-refractivity contribution in [2.24, 2.45) is 0 Å². The molecule has 0 aliphatic carbocycles. The van der Waals surface area contributed by atoms with Crippen molar-refractivity contribution < 1.29 is 9.59 Å². The smallest absolute Gasteiger partial charge is 0.266 e. The summed E-state index contributed by atoms with van der Waals surface area (Å²) in [5.74, 6) is -0.321. The van der Waals surface area contributed by atoms with E-state index in [2.05, 4.69) is 0 Å². The number of rotatable bonds is 1. The second-order valence-corrected chi connectivity index (χ2v) is 6.15. The number of amides is 2. The summed E-state index contributed by atoms with van der Waals surface area (Å²) < 4.78 is 0.514. The van der Waals surface area contributed by atoms with Gasteiger partial charge in [0.25, 0.3) is 11.8 Å². The fourth-order valence-corrected chi connectivity index (χ4v) is 3.87. The molecular formula is C14H12N2O2S2. The Morgan fingerprint density at radius 2 is 1.90 bits per heavy atom. The normalized spacial score (nSPS) is 22.0. The highest BCUT2D eigenvalue weighted by molar-refractivity contribution is 8.26. The predicted molar refractivity (Wildman–Crippen MR) is 84.3 cm³/mol. The van der Waals surface area contributed by atoms with E-state index in [1.165, 1.54) is 16.7 Å². The highest BCUT2D eigenvalue weighted by atomic mass is 32.2. The Labute approximate surface area is 126 Å². The number of carbonyl (C=O) groups is 2. The van der Waals surface area contributed by atoms with Crippen LogP contribution in [0.4, 0.5) is 5.69 Å². The van der Waals surface area contributed by atoms with Gasteiger partial charge in [-0.3, -0.25) is 14.5 Å². The lowest BCUT2D eigenvalue weighted by Crippen LogP contribution is -2.28. The van der Waals surface area contributed by atoms with Crippen LogP contribution in [0, 0.1) is 0 Å². The standard InChI is InChI=1S/C14H12N2O2S2/c1-3-16-13(18)11(20-14(16)19)10-8-6-4-5-7-9(8)15(2)12(10)17/h4-7H,3H2,1-2H3/b11-10-. The van der Waals surface area contributed by atoms with Crippen LogP contribution in [0.15, 0.2) is 29.2 Å². The van der Waals surface area contributed by atoms with E-state index in [4.69, 9.17) is 12.2 Å².